The molecule has 1 fully saturated rings. The molecule has 1 saturated heterocycles. The minimum absolute atomic E-state index is 0.0102. The fourth-order valence-corrected chi connectivity index (χ4v) is 2.55. The number of benzene rings is 2. The van der Waals surface area contributed by atoms with Crippen LogP contribution in [0, 0.1) is 11.3 Å². The number of piperazine rings is 1. The summed E-state index contributed by atoms with van der Waals surface area (Å²) in [7, 11) is 0. The van der Waals surface area contributed by atoms with Crippen LogP contribution in [-0.2, 0) is 4.79 Å². The van der Waals surface area contributed by atoms with Crippen molar-refractivity contribution in [3.8, 4) is 6.07 Å². The smallest absolute Gasteiger partial charge is 0.255 e. The Labute approximate surface area is 139 Å². The molecule has 0 unspecified atom stereocenters. The lowest BCUT2D eigenvalue weighted by atomic mass is 10.1. The molecule has 1 aliphatic rings. The predicted octanol–water partition coefficient (Wildman–Crippen LogP) is 1.75. The Morgan fingerprint density at radius 1 is 1.21 bits per heavy atom. The van der Waals surface area contributed by atoms with Gasteiger partial charge in [0, 0.05) is 30.0 Å². The van der Waals surface area contributed by atoms with Gasteiger partial charge in [-0.1, -0.05) is 6.07 Å². The summed E-state index contributed by atoms with van der Waals surface area (Å²) in [5.41, 5.74) is 2.48. The normalized spacial score (nSPS) is 13.8. The first-order valence-electron chi connectivity index (χ1n) is 7.59. The second-order valence-electron chi connectivity index (χ2n) is 5.47. The summed E-state index contributed by atoms with van der Waals surface area (Å²) in [5.74, 6) is -0.256. The van der Waals surface area contributed by atoms with Gasteiger partial charge >= 0.3 is 0 Å². The number of hydrogen-bond acceptors (Lipinski definition) is 4. The molecule has 0 radical (unpaired) electrons. The van der Waals surface area contributed by atoms with Gasteiger partial charge in [-0.25, -0.2) is 0 Å². The molecule has 1 heterocycles. The Morgan fingerprint density at radius 3 is 2.71 bits per heavy atom. The molecule has 120 valence electrons. The van der Waals surface area contributed by atoms with E-state index in [-0.39, 0.29) is 11.8 Å². The first-order chi connectivity index (χ1) is 11.7. The number of rotatable bonds is 3. The fraction of sp³-hybridized carbons (Fsp3) is 0.167. The number of nitrogens with one attached hydrogen (secondary N) is 2. The third-order valence-electron chi connectivity index (χ3n) is 3.78. The number of carbonyl (C=O) groups excluding carboxylic acids is 2. The standard InChI is InChI=1S/C18H16N4O2/c19-11-13-2-1-3-14(10-13)18(24)21-15-4-6-16(7-5-15)22-9-8-20-17(23)12-22/h1-7,10H,8-9,12H2,(H,20,23)(H,21,24). The molecule has 2 amide bonds. The van der Waals surface area contributed by atoms with Gasteiger partial charge in [0.05, 0.1) is 18.2 Å². The van der Waals surface area contributed by atoms with E-state index in [0.29, 0.717) is 29.9 Å². The number of nitrogens with zero attached hydrogens (tertiary/aromatic N) is 2. The minimum atomic E-state index is -0.266. The Hall–Kier alpha value is -3.33. The van der Waals surface area contributed by atoms with Gasteiger partial charge in [-0.15, -0.1) is 0 Å². The van der Waals surface area contributed by atoms with E-state index in [9.17, 15) is 9.59 Å². The Kier molecular flexibility index (Phi) is 4.43. The zero-order valence-corrected chi connectivity index (χ0v) is 13.0. The van der Waals surface area contributed by atoms with E-state index in [0.717, 1.165) is 12.2 Å². The quantitative estimate of drug-likeness (QED) is 0.902. The summed E-state index contributed by atoms with van der Waals surface area (Å²) in [6, 6.07) is 15.9. The maximum Gasteiger partial charge on any atom is 0.255 e. The van der Waals surface area contributed by atoms with E-state index in [1.165, 1.54) is 0 Å². The second-order valence-corrected chi connectivity index (χ2v) is 5.47. The Bertz CT molecular complexity index is 809. The molecule has 2 aromatic rings. The average Bonchev–Trinajstić information content (AvgIpc) is 2.62. The van der Waals surface area contributed by atoms with E-state index in [1.54, 1.807) is 36.4 Å². The number of amides is 2. The highest BCUT2D eigenvalue weighted by atomic mass is 16.2. The van der Waals surface area contributed by atoms with Crippen molar-refractivity contribution in [2.75, 3.05) is 29.9 Å². The molecule has 2 N–H and O–H groups in total. The van der Waals surface area contributed by atoms with E-state index in [4.69, 9.17) is 5.26 Å². The summed E-state index contributed by atoms with van der Waals surface area (Å²) in [4.78, 5) is 25.7. The summed E-state index contributed by atoms with van der Waals surface area (Å²) in [5, 5.41) is 14.5. The molecule has 0 spiro atoms. The van der Waals surface area contributed by atoms with E-state index in [1.807, 2.05) is 23.1 Å². The molecule has 3 rings (SSSR count). The van der Waals surface area contributed by atoms with E-state index < -0.39 is 0 Å². The monoisotopic (exact) mass is 320 g/mol. The first-order valence-corrected chi connectivity index (χ1v) is 7.59. The van der Waals surface area contributed by atoms with Gasteiger partial charge in [0.15, 0.2) is 0 Å². The third kappa shape index (κ3) is 3.52. The summed E-state index contributed by atoms with van der Waals surface area (Å²) in [6.45, 7) is 1.73. The van der Waals surface area contributed by atoms with Gasteiger partial charge in [0.2, 0.25) is 5.91 Å². The van der Waals surface area contributed by atoms with Gasteiger partial charge in [0.1, 0.15) is 0 Å². The molecule has 6 nitrogen and oxygen atoms in total. The van der Waals surface area contributed by atoms with Crippen LogP contribution in [0.15, 0.2) is 48.5 Å². The van der Waals surface area contributed by atoms with Crippen LogP contribution in [0.1, 0.15) is 15.9 Å². The Morgan fingerprint density at radius 2 is 2.00 bits per heavy atom. The number of hydrogen-bond donors (Lipinski definition) is 2. The number of carbonyl (C=O) groups is 2. The molecule has 1 aliphatic heterocycles. The summed E-state index contributed by atoms with van der Waals surface area (Å²) >= 11 is 0. The van der Waals surface area contributed by atoms with Crippen molar-refractivity contribution in [1.29, 1.82) is 5.26 Å². The van der Waals surface area contributed by atoms with Crippen LogP contribution in [0.5, 0.6) is 0 Å². The number of anilines is 2. The van der Waals surface area contributed by atoms with Crippen molar-refractivity contribution in [1.82, 2.24) is 5.32 Å². The number of nitriles is 1. The minimum Gasteiger partial charge on any atom is -0.360 e. The molecular weight excluding hydrogens is 304 g/mol. The molecule has 6 heteroatoms. The lowest BCUT2D eigenvalue weighted by Gasteiger charge is -2.28. The highest BCUT2D eigenvalue weighted by Crippen LogP contribution is 2.19. The maximum absolute atomic E-state index is 12.2. The molecule has 0 aliphatic carbocycles. The van der Waals surface area contributed by atoms with Gasteiger partial charge < -0.3 is 15.5 Å². The van der Waals surface area contributed by atoms with Crippen molar-refractivity contribution < 1.29 is 9.59 Å². The molecule has 0 saturated carbocycles. The first kappa shape index (κ1) is 15.6. The van der Waals surface area contributed by atoms with Crippen LogP contribution in [0.2, 0.25) is 0 Å². The zero-order chi connectivity index (χ0) is 16.9. The molecule has 0 bridgehead atoms. The van der Waals surface area contributed by atoms with Crippen LogP contribution < -0.4 is 15.5 Å². The molecular formula is C18H16N4O2. The van der Waals surface area contributed by atoms with Crippen molar-refractivity contribution in [2.45, 2.75) is 0 Å². The van der Waals surface area contributed by atoms with Crippen LogP contribution in [0.4, 0.5) is 11.4 Å². The van der Waals surface area contributed by atoms with Crippen LogP contribution in [0.25, 0.3) is 0 Å². The summed E-state index contributed by atoms with van der Waals surface area (Å²) < 4.78 is 0. The SMILES string of the molecule is N#Cc1cccc(C(=O)Nc2ccc(N3CCNC(=O)C3)cc2)c1. The third-order valence-corrected chi connectivity index (χ3v) is 3.78. The average molecular weight is 320 g/mol. The van der Waals surface area contributed by atoms with Gasteiger partial charge in [-0.3, -0.25) is 9.59 Å². The van der Waals surface area contributed by atoms with Gasteiger partial charge in [0.25, 0.3) is 5.91 Å². The predicted molar refractivity (Wildman–Crippen MR) is 90.8 cm³/mol. The summed E-state index contributed by atoms with van der Waals surface area (Å²) in [6.07, 6.45) is 0. The largest absolute Gasteiger partial charge is 0.360 e. The van der Waals surface area contributed by atoms with Crippen molar-refractivity contribution in [2.24, 2.45) is 0 Å². The lowest BCUT2D eigenvalue weighted by molar-refractivity contribution is -0.120. The molecule has 2 aromatic carbocycles. The maximum atomic E-state index is 12.2. The zero-order valence-electron chi connectivity index (χ0n) is 13.0. The topological polar surface area (TPSA) is 85.2 Å². The van der Waals surface area contributed by atoms with Crippen LogP contribution >= 0.6 is 0 Å². The van der Waals surface area contributed by atoms with Crippen LogP contribution in [0.3, 0.4) is 0 Å². The van der Waals surface area contributed by atoms with Crippen LogP contribution in [-0.4, -0.2) is 31.4 Å². The highest BCUT2D eigenvalue weighted by Gasteiger charge is 2.16. The molecule has 0 aromatic heterocycles. The fourth-order valence-electron chi connectivity index (χ4n) is 2.55. The van der Waals surface area contributed by atoms with Gasteiger partial charge in [-0.05, 0) is 42.5 Å². The lowest BCUT2D eigenvalue weighted by Crippen LogP contribution is -2.47. The molecule has 0 atom stereocenters. The van der Waals surface area contributed by atoms with Crippen molar-refractivity contribution >= 4 is 23.2 Å². The second kappa shape index (κ2) is 6.84. The van der Waals surface area contributed by atoms with Crippen molar-refractivity contribution in [3.63, 3.8) is 0 Å². The van der Waals surface area contributed by atoms with Gasteiger partial charge in [-0.2, -0.15) is 5.26 Å². The highest BCUT2D eigenvalue weighted by molar-refractivity contribution is 6.04. The van der Waals surface area contributed by atoms with E-state index in [2.05, 4.69) is 10.6 Å². The van der Waals surface area contributed by atoms with Crippen molar-refractivity contribution in [3.05, 3.63) is 59.7 Å². The van der Waals surface area contributed by atoms with E-state index >= 15 is 0 Å². The Balaban J connectivity index is 1.68. The molecule has 24 heavy (non-hydrogen) atoms.